The van der Waals surface area contributed by atoms with Gasteiger partial charge in [0.1, 0.15) is 6.61 Å². The van der Waals surface area contributed by atoms with Crippen LogP contribution in [0.1, 0.15) is 30.9 Å². The largest absolute Gasteiger partial charge is 0.393 e. The number of rotatable bonds is 7. The summed E-state index contributed by atoms with van der Waals surface area (Å²) in [6.45, 7) is 7.17. The molecule has 1 amide bonds. The molecule has 1 aromatic rings. The molecule has 1 aromatic carbocycles. The third kappa shape index (κ3) is 4.42. The maximum atomic E-state index is 11.7. The van der Waals surface area contributed by atoms with E-state index in [9.17, 15) is 4.79 Å². The first kappa shape index (κ1) is 17.2. The van der Waals surface area contributed by atoms with Crippen molar-refractivity contribution in [2.24, 2.45) is 5.16 Å². The summed E-state index contributed by atoms with van der Waals surface area (Å²) in [6, 6.07) is 5.99. The van der Waals surface area contributed by atoms with E-state index in [4.69, 9.17) is 9.57 Å². The molecule has 0 fully saturated rings. The third-order valence-electron chi connectivity index (χ3n) is 3.85. The second-order valence-electron chi connectivity index (χ2n) is 5.36. The molecule has 0 atom stereocenters. The van der Waals surface area contributed by atoms with Gasteiger partial charge in [0, 0.05) is 24.9 Å². The standard InChI is InChI=1S/C18H24N2O3/c1-4-18(21)20(3)15-9-10-16-14(13-15)7-6-8-17(16)19-23-12-11-22-5-2/h4,9-10,13H,1,5-8,11-12H2,2-3H3/b19-17+. The highest BCUT2D eigenvalue weighted by molar-refractivity contribution is 6.04. The molecule has 0 aromatic heterocycles. The fourth-order valence-electron chi connectivity index (χ4n) is 2.58. The topological polar surface area (TPSA) is 51.1 Å². The van der Waals surface area contributed by atoms with Crippen molar-refractivity contribution in [2.75, 3.05) is 31.8 Å². The van der Waals surface area contributed by atoms with Crippen molar-refractivity contribution in [1.82, 2.24) is 0 Å². The lowest BCUT2D eigenvalue weighted by molar-refractivity contribution is -0.113. The van der Waals surface area contributed by atoms with Crippen molar-refractivity contribution < 1.29 is 14.4 Å². The molecular weight excluding hydrogens is 292 g/mol. The fourth-order valence-corrected chi connectivity index (χ4v) is 2.58. The Morgan fingerprint density at radius 2 is 2.22 bits per heavy atom. The number of nitrogens with zero attached hydrogens (tertiary/aromatic N) is 2. The zero-order chi connectivity index (χ0) is 16.7. The molecule has 0 saturated carbocycles. The smallest absolute Gasteiger partial charge is 0.250 e. The Morgan fingerprint density at radius 3 is 2.96 bits per heavy atom. The van der Waals surface area contributed by atoms with E-state index in [2.05, 4.69) is 11.7 Å². The Morgan fingerprint density at radius 1 is 1.39 bits per heavy atom. The molecule has 0 saturated heterocycles. The average Bonchev–Trinajstić information content (AvgIpc) is 2.59. The molecule has 0 aliphatic heterocycles. The molecule has 5 nitrogen and oxygen atoms in total. The van der Waals surface area contributed by atoms with Crippen LogP contribution < -0.4 is 4.90 Å². The summed E-state index contributed by atoms with van der Waals surface area (Å²) in [7, 11) is 1.75. The number of carbonyl (C=O) groups excluding carboxylic acids is 1. The summed E-state index contributed by atoms with van der Waals surface area (Å²) < 4.78 is 5.23. The van der Waals surface area contributed by atoms with Crippen LogP contribution in [0.3, 0.4) is 0 Å². The van der Waals surface area contributed by atoms with E-state index < -0.39 is 0 Å². The summed E-state index contributed by atoms with van der Waals surface area (Å²) in [4.78, 5) is 18.7. The molecule has 0 bridgehead atoms. The van der Waals surface area contributed by atoms with Crippen molar-refractivity contribution in [3.05, 3.63) is 42.0 Å². The van der Waals surface area contributed by atoms with Gasteiger partial charge in [-0.3, -0.25) is 4.79 Å². The minimum Gasteiger partial charge on any atom is -0.393 e. The van der Waals surface area contributed by atoms with Gasteiger partial charge >= 0.3 is 0 Å². The lowest BCUT2D eigenvalue weighted by Crippen LogP contribution is -2.24. The van der Waals surface area contributed by atoms with E-state index in [1.54, 1.807) is 11.9 Å². The van der Waals surface area contributed by atoms with Crippen molar-refractivity contribution in [1.29, 1.82) is 0 Å². The van der Waals surface area contributed by atoms with Gasteiger partial charge in [-0.25, -0.2) is 0 Å². The highest BCUT2D eigenvalue weighted by Crippen LogP contribution is 2.26. The average molecular weight is 316 g/mol. The predicted octanol–water partition coefficient (Wildman–Crippen LogP) is 2.93. The normalized spacial score (nSPS) is 15.1. The van der Waals surface area contributed by atoms with Crippen molar-refractivity contribution >= 4 is 17.3 Å². The lowest BCUT2D eigenvalue weighted by Gasteiger charge is -2.21. The minimum atomic E-state index is -0.117. The summed E-state index contributed by atoms with van der Waals surface area (Å²) in [6.07, 6.45) is 4.24. The van der Waals surface area contributed by atoms with Crippen LogP contribution in [0.25, 0.3) is 0 Å². The molecule has 5 heteroatoms. The molecule has 124 valence electrons. The molecule has 0 heterocycles. The Labute approximate surface area is 137 Å². The SMILES string of the molecule is C=CC(=O)N(C)c1ccc2c(c1)CCC/C2=N\OCCOCC. The number of hydrogen-bond acceptors (Lipinski definition) is 4. The maximum absolute atomic E-state index is 11.7. The molecule has 0 radical (unpaired) electrons. The van der Waals surface area contributed by atoms with E-state index in [0.29, 0.717) is 19.8 Å². The Bertz CT molecular complexity index is 596. The number of hydrogen-bond donors (Lipinski definition) is 0. The fraction of sp³-hybridized carbons (Fsp3) is 0.444. The van der Waals surface area contributed by atoms with Crippen LogP contribution in [0, 0.1) is 0 Å². The van der Waals surface area contributed by atoms with Gasteiger partial charge in [-0.2, -0.15) is 0 Å². The van der Waals surface area contributed by atoms with Gasteiger partial charge in [-0.15, -0.1) is 0 Å². The van der Waals surface area contributed by atoms with Crippen LogP contribution in [0.4, 0.5) is 5.69 Å². The Kier molecular flexibility index (Phi) is 6.35. The zero-order valence-electron chi connectivity index (χ0n) is 13.9. The van der Waals surface area contributed by atoms with E-state index >= 15 is 0 Å². The van der Waals surface area contributed by atoms with Crippen molar-refractivity contribution in [2.45, 2.75) is 26.2 Å². The zero-order valence-corrected chi connectivity index (χ0v) is 13.9. The van der Waals surface area contributed by atoms with Gasteiger partial charge in [-0.05, 0) is 50.0 Å². The van der Waals surface area contributed by atoms with Crippen LogP contribution in [0.2, 0.25) is 0 Å². The minimum absolute atomic E-state index is 0.117. The molecular formula is C18H24N2O3. The van der Waals surface area contributed by atoms with Gasteiger partial charge in [0.2, 0.25) is 5.91 Å². The Balaban J connectivity index is 2.12. The van der Waals surface area contributed by atoms with Crippen molar-refractivity contribution in [3.8, 4) is 0 Å². The quantitative estimate of drug-likeness (QED) is 0.441. The van der Waals surface area contributed by atoms with E-state index in [1.165, 1.54) is 11.6 Å². The molecule has 23 heavy (non-hydrogen) atoms. The first-order valence-electron chi connectivity index (χ1n) is 7.97. The molecule has 0 N–H and O–H groups in total. The number of carbonyl (C=O) groups is 1. The van der Waals surface area contributed by atoms with Gasteiger partial charge in [0.05, 0.1) is 12.3 Å². The highest BCUT2D eigenvalue weighted by atomic mass is 16.6. The predicted molar refractivity (Wildman–Crippen MR) is 92.0 cm³/mol. The Hall–Kier alpha value is -2.14. The van der Waals surface area contributed by atoms with Crippen LogP contribution >= 0.6 is 0 Å². The molecule has 0 spiro atoms. The van der Waals surface area contributed by atoms with Crippen LogP contribution in [-0.2, 0) is 20.8 Å². The first-order chi connectivity index (χ1) is 11.2. The van der Waals surface area contributed by atoms with E-state index in [0.717, 1.165) is 36.2 Å². The highest BCUT2D eigenvalue weighted by Gasteiger charge is 2.18. The van der Waals surface area contributed by atoms with Crippen LogP contribution in [0.5, 0.6) is 0 Å². The number of anilines is 1. The number of amides is 1. The summed E-state index contributed by atoms with van der Waals surface area (Å²) >= 11 is 0. The summed E-state index contributed by atoms with van der Waals surface area (Å²) in [5.41, 5.74) is 4.14. The maximum Gasteiger partial charge on any atom is 0.250 e. The first-order valence-corrected chi connectivity index (χ1v) is 7.97. The van der Waals surface area contributed by atoms with Gasteiger partial charge in [0.25, 0.3) is 0 Å². The van der Waals surface area contributed by atoms with Gasteiger partial charge < -0.3 is 14.5 Å². The van der Waals surface area contributed by atoms with E-state index in [-0.39, 0.29) is 5.91 Å². The van der Waals surface area contributed by atoms with Crippen LogP contribution in [-0.4, -0.2) is 38.5 Å². The molecule has 2 rings (SSSR count). The van der Waals surface area contributed by atoms with Gasteiger partial charge in [-0.1, -0.05) is 17.8 Å². The molecule has 1 aliphatic rings. The second kappa shape index (κ2) is 8.48. The molecule has 1 aliphatic carbocycles. The second-order valence-corrected chi connectivity index (χ2v) is 5.36. The number of aryl methyl sites for hydroxylation is 1. The number of likely N-dealkylation sites (N-methyl/N-ethyl adjacent to an activating group) is 1. The monoisotopic (exact) mass is 316 g/mol. The number of oxime groups is 1. The number of benzene rings is 1. The third-order valence-corrected chi connectivity index (χ3v) is 3.85. The van der Waals surface area contributed by atoms with E-state index in [1.807, 2.05) is 25.1 Å². The van der Waals surface area contributed by atoms with Crippen LogP contribution in [0.15, 0.2) is 36.0 Å². The number of fused-ring (bicyclic) bond motifs is 1. The molecule has 0 unspecified atom stereocenters. The lowest BCUT2D eigenvalue weighted by atomic mass is 9.89. The number of ether oxygens (including phenoxy) is 1. The van der Waals surface area contributed by atoms with Crippen molar-refractivity contribution in [3.63, 3.8) is 0 Å². The summed E-state index contributed by atoms with van der Waals surface area (Å²) in [5.74, 6) is -0.117. The van der Waals surface area contributed by atoms with Gasteiger partial charge in [0.15, 0.2) is 0 Å². The summed E-state index contributed by atoms with van der Waals surface area (Å²) in [5, 5.41) is 4.26.